The van der Waals surface area contributed by atoms with Crippen molar-refractivity contribution in [2.24, 2.45) is 0 Å². The highest BCUT2D eigenvalue weighted by Gasteiger charge is 2.30. The van der Waals surface area contributed by atoms with Gasteiger partial charge in [-0.2, -0.15) is 0 Å². The second-order valence-electron chi connectivity index (χ2n) is 7.19. The topological polar surface area (TPSA) is 94.1 Å². The standard InChI is InChI=1S/C21H20FN3O4/c1-29-8-2-7-25-19-18(20(27)24-21(25)28)15-9-13(10-17(26)16(15)11-23-19)12-3-5-14(22)6-4-12/h3-6,11,13H,2,7-10H2,1H3,(H,24,27,28)/t13-/m0/s1. The van der Waals surface area contributed by atoms with Crippen LogP contribution in [-0.4, -0.2) is 34.0 Å². The van der Waals surface area contributed by atoms with Crippen LogP contribution in [0.25, 0.3) is 11.0 Å². The minimum absolute atomic E-state index is 0.119. The van der Waals surface area contributed by atoms with E-state index in [1.54, 1.807) is 19.2 Å². The number of carbonyl (C=O) groups excluding carboxylic acids is 1. The van der Waals surface area contributed by atoms with Crippen LogP contribution >= 0.6 is 0 Å². The maximum absolute atomic E-state index is 13.3. The lowest BCUT2D eigenvalue weighted by Crippen LogP contribution is -2.33. The highest BCUT2D eigenvalue weighted by atomic mass is 19.1. The molecule has 0 amide bonds. The average Bonchev–Trinajstić information content (AvgIpc) is 2.70. The molecule has 1 aliphatic carbocycles. The van der Waals surface area contributed by atoms with Gasteiger partial charge in [0.15, 0.2) is 5.78 Å². The number of halogens is 1. The summed E-state index contributed by atoms with van der Waals surface area (Å²) in [6, 6.07) is 6.04. The van der Waals surface area contributed by atoms with E-state index in [9.17, 15) is 18.8 Å². The Kier molecular flexibility index (Phi) is 5.10. The number of pyridine rings is 1. The third-order valence-corrected chi connectivity index (χ3v) is 5.37. The third kappa shape index (κ3) is 3.51. The van der Waals surface area contributed by atoms with E-state index >= 15 is 0 Å². The molecule has 0 bridgehead atoms. The molecule has 0 unspecified atom stereocenters. The van der Waals surface area contributed by atoms with Crippen molar-refractivity contribution >= 4 is 16.8 Å². The number of nitrogens with zero attached hydrogens (tertiary/aromatic N) is 2. The zero-order valence-corrected chi connectivity index (χ0v) is 15.9. The number of ketones is 1. The molecular weight excluding hydrogens is 377 g/mol. The molecule has 1 atom stereocenters. The van der Waals surface area contributed by atoms with Gasteiger partial charge >= 0.3 is 5.69 Å². The fraction of sp³-hybridized carbons (Fsp3) is 0.333. The molecule has 0 saturated carbocycles. The number of hydrogen-bond donors (Lipinski definition) is 1. The van der Waals surface area contributed by atoms with Crippen molar-refractivity contribution in [1.82, 2.24) is 14.5 Å². The molecule has 8 heteroatoms. The molecule has 1 aliphatic rings. The Hall–Kier alpha value is -3.13. The zero-order chi connectivity index (χ0) is 20.5. The number of nitrogens with one attached hydrogen (secondary N) is 1. The Labute approximate surface area is 165 Å². The first-order valence-corrected chi connectivity index (χ1v) is 9.42. The van der Waals surface area contributed by atoms with Gasteiger partial charge in [0.2, 0.25) is 0 Å². The molecule has 1 aromatic carbocycles. The number of carbonyl (C=O) groups is 1. The van der Waals surface area contributed by atoms with E-state index in [1.807, 2.05) is 0 Å². The van der Waals surface area contributed by atoms with Gasteiger partial charge < -0.3 is 4.74 Å². The van der Waals surface area contributed by atoms with Crippen LogP contribution in [0.2, 0.25) is 0 Å². The first-order chi connectivity index (χ1) is 14.0. The summed E-state index contributed by atoms with van der Waals surface area (Å²) in [5.41, 5.74) is 1.00. The summed E-state index contributed by atoms with van der Waals surface area (Å²) in [5.74, 6) is -0.636. The first-order valence-electron chi connectivity index (χ1n) is 9.42. The van der Waals surface area contributed by atoms with Gasteiger partial charge in [0.25, 0.3) is 5.56 Å². The number of aromatic amines is 1. The summed E-state index contributed by atoms with van der Waals surface area (Å²) in [6.45, 7) is 0.796. The van der Waals surface area contributed by atoms with Crippen LogP contribution in [0.15, 0.2) is 40.1 Å². The molecule has 1 N–H and O–H groups in total. The van der Waals surface area contributed by atoms with Crippen LogP contribution in [0.4, 0.5) is 4.39 Å². The number of aromatic nitrogens is 3. The molecule has 150 valence electrons. The average molecular weight is 397 g/mol. The number of Topliss-reactive ketones (excluding diaryl/α,β-unsaturated/α-hetero) is 1. The summed E-state index contributed by atoms with van der Waals surface area (Å²) in [6.07, 6.45) is 2.72. The van der Waals surface area contributed by atoms with Crippen molar-refractivity contribution < 1.29 is 13.9 Å². The second-order valence-corrected chi connectivity index (χ2v) is 7.19. The van der Waals surface area contributed by atoms with Crippen LogP contribution in [-0.2, 0) is 17.7 Å². The van der Waals surface area contributed by atoms with Crippen LogP contribution in [0.5, 0.6) is 0 Å². The maximum Gasteiger partial charge on any atom is 0.329 e. The summed E-state index contributed by atoms with van der Waals surface area (Å²) in [7, 11) is 1.57. The number of aryl methyl sites for hydroxylation is 1. The summed E-state index contributed by atoms with van der Waals surface area (Å²) >= 11 is 0. The van der Waals surface area contributed by atoms with Crippen molar-refractivity contribution in [3.05, 3.63) is 73.8 Å². The number of hydrogen-bond acceptors (Lipinski definition) is 5. The smallest absolute Gasteiger partial charge is 0.329 e. The molecule has 0 saturated heterocycles. The predicted octanol–water partition coefficient (Wildman–Crippen LogP) is 2.17. The monoisotopic (exact) mass is 397 g/mol. The van der Waals surface area contributed by atoms with E-state index < -0.39 is 11.2 Å². The number of fused-ring (bicyclic) bond motifs is 3. The van der Waals surface area contributed by atoms with Crippen molar-refractivity contribution in [3.8, 4) is 0 Å². The highest BCUT2D eigenvalue weighted by Crippen LogP contribution is 2.34. The van der Waals surface area contributed by atoms with Gasteiger partial charge in [-0.3, -0.25) is 19.1 Å². The first kappa shape index (κ1) is 19.2. The predicted molar refractivity (Wildman–Crippen MR) is 105 cm³/mol. The van der Waals surface area contributed by atoms with Crippen LogP contribution < -0.4 is 11.2 Å². The Balaban J connectivity index is 1.85. The second kappa shape index (κ2) is 7.71. The number of benzene rings is 1. The van der Waals surface area contributed by atoms with Crippen molar-refractivity contribution in [2.45, 2.75) is 31.7 Å². The Bertz CT molecular complexity index is 1200. The van der Waals surface area contributed by atoms with E-state index in [-0.39, 0.29) is 35.0 Å². The van der Waals surface area contributed by atoms with Crippen LogP contribution in [0.1, 0.15) is 40.2 Å². The minimum atomic E-state index is -0.551. The lowest BCUT2D eigenvalue weighted by molar-refractivity contribution is 0.0964. The molecule has 29 heavy (non-hydrogen) atoms. The SMILES string of the molecule is COCCCn1c(=O)[nH]c(=O)c2c3c(cnc21)C(=O)C[C@@H](c1ccc(F)cc1)C3. The van der Waals surface area contributed by atoms with E-state index in [1.165, 1.54) is 22.9 Å². The van der Waals surface area contributed by atoms with Gasteiger partial charge in [-0.1, -0.05) is 12.1 Å². The summed E-state index contributed by atoms with van der Waals surface area (Å²) < 4.78 is 19.7. The fourth-order valence-corrected chi connectivity index (χ4v) is 3.95. The van der Waals surface area contributed by atoms with Crippen LogP contribution in [0, 0.1) is 5.82 Å². The van der Waals surface area contributed by atoms with Gasteiger partial charge in [-0.25, -0.2) is 14.2 Å². The minimum Gasteiger partial charge on any atom is -0.385 e. The largest absolute Gasteiger partial charge is 0.385 e. The van der Waals surface area contributed by atoms with Gasteiger partial charge in [0.05, 0.1) is 5.39 Å². The number of methoxy groups -OCH3 is 1. The molecule has 4 rings (SSSR count). The zero-order valence-electron chi connectivity index (χ0n) is 15.9. The van der Waals surface area contributed by atoms with E-state index in [4.69, 9.17) is 4.74 Å². The molecule has 0 spiro atoms. The Morgan fingerprint density at radius 1 is 1.21 bits per heavy atom. The molecule has 0 aliphatic heterocycles. The maximum atomic E-state index is 13.3. The number of H-pyrrole nitrogens is 1. The molecule has 0 fully saturated rings. The molecule has 2 aromatic heterocycles. The lowest BCUT2D eigenvalue weighted by atomic mass is 9.79. The summed E-state index contributed by atoms with van der Waals surface area (Å²) in [5, 5.41) is 0.264. The van der Waals surface area contributed by atoms with Crippen molar-refractivity contribution in [3.63, 3.8) is 0 Å². The fourth-order valence-electron chi connectivity index (χ4n) is 3.95. The van der Waals surface area contributed by atoms with Crippen LogP contribution in [0.3, 0.4) is 0 Å². The van der Waals surface area contributed by atoms with Gasteiger partial charge in [0.1, 0.15) is 11.5 Å². The quantitative estimate of drug-likeness (QED) is 0.666. The van der Waals surface area contributed by atoms with Crippen molar-refractivity contribution in [2.75, 3.05) is 13.7 Å². The van der Waals surface area contributed by atoms with Gasteiger partial charge in [0, 0.05) is 38.4 Å². The van der Waals surface area contributed by atoms with E-state index in [0.717, 1.165) is 5.56 Å². The Morgan fingerprint density at radius 3 is 2.69 bits per heavy atom. The van der Waals surface area contributed by atoms with E-state index in [2.05, 4.69) is 9.97 Å². The normalized spacial score (nSPS) is 16.2. The lowest BCUT2D eigenvalue weighted by Gasteiger charge is -2.25. The molecule has 3 aromatic rings. The molecule has 7 nitrogen and oxygen atoms in total. The van der Waals surface area contributed by atoms with Gasteiger partial charge in [-0.05, 0) is 42.0 Å². The van der Waals surface area contributed by atoms with E-state index in [0.29, 0.717) is 37.1 Å². The number of rotatable bonds is 5. The third-order valence-electron chi connectivity index (χ3n) is 5.37. The molecule has 0 radical (unpaired) electrons. The van der Waals surface area contributed by atoms with Crippen molar-refractivity contribution in [1.29, 1.82) is 0 Å². The summed E-state index contributed by atoms with van der Waals surface area (Å²) in [4.78, 5) is 44.4. The molecular formula is C21H20FN3O4. The molecule has 2 heterocycles. The Morgan fingerprint density at radius 2 is 1.97 bits per heavy atom. The van der Waals surface area contributed by atoms with Gasteiger partial charge in [-0.15, -0.1) is 0 Å². The highest BCUT2D eigenvalue weighted by molar-refractivity contribution is 6.02. The number of ether oxygens (including phenoxy) is 1.